The monoisotopic (exact) mass is 936 g/mol. The number of piperazine rings is 1. The Balaban J connectivity index is 0.839. The lowest BCUT2D eigenvalue weighted by Crippen LogP contribution is -2.57. The fourth-order valence-electron chi connectivity index (χ4n) is 11.5. The number of aliphatic hydroxyl groups is 1. The van der Waals surface area contributed by atoms with Crippen LogP contribution in [0.1, 0.15) is 86.4 Å². The van der Waals surface area contributed by atoms with Gasteiger partial charge in [-0.1, -0.05) is 27.4 Å². The third-order valence-corrected chi connectivity index (χ3v) is 15.4. The Morgan fingerprint density at radius 3 is 2.49 bits per heavy atom. The fraction of sp³-hybridized carbons (Fsp3) is 0.472. The highest BCUT2D eigenvalue weighted by molar-refractivity contribution is 6.06. The average molecular weight is 936 g/mol. The van der Waals surface area contributed by atoms with Crippen molar-refractivity contribution in [1.29, 1.82) is 0 Å². The Morgan fingerprint density at radius 1 is 0.957 bits per heavy atom. The third-order valence-electron chi connectivity index (χ3n) is 15.4. The van der Waals surface area contributed by atoms with E-state index in [1.165, 1.54) is 33.3 Å². The molecule has 16 nitrogen and oxygen atoms in total. The van der Waals surface area contributed by atoms with E-state index in [4.69, 9.17) is 14.7 Å². The van der Waals surface area contributed by atoms with Gasteiger partial charge in [0.2, 0.25) is 5.91 Å². The van der Waals surface area contributed by atoms with Crippen molar-refractivity contribution in [3.63, 3.8) is 0 Å². The maximum absolute atomic E-state index is 14.1. The Bertz CT molecular complexity index is 2860. The molecule has 4 aromatic heterocycles. The van der Waals surface area contributed by atoms with E-state index in [0.717, 1.165) is 90.1 Å². The first-order valence-electron chi connectivity index (χ1n) is 24.6. The van der Waals surface area contributed by atoms with Crippen molar-refractivity contribution in [3.05, 3.63) is 112 Å². The van der Waals surface area contributed by atoms with Crippen molar-refractivity contribution in [2.75, 3.05) is 77.8 Å². The van der Waals surface area contributed by atoms with Crippen LogP contribution in [0.5, 0.6) is 0 Å². The molecule has 69 heavy (non-hydrogen) atoms. The van der Waals surface area contributed by atoms with Gasteiger partial charge < -0.3 is 39.4 Å². The van der Waals surface area contributed by atoms with Crippen molar-refractivity contribution < 1.29 is 19.4 Å². The number of rotatable bonds is 11. The van der Waals surface area contributed by atoms with Crippen LogP contribution in [-0.2, 0) is 48.0 Å². The van der Waals surface area contributed by atoms with E-state index in [0.29, 0.717) is 58.8 Å². The largest absolute Gasteiger partial charge is 0.392 e. The lowest BCUT2D eigenvalue weighted by molar-refractivity contribution is -0.111. The molecule has 2 amide bonds. The number of fused-ring (bicyclic) bond motifs is 3. The number of nitrogens with zero attached hydrogens (tertiary/aromatic N) is 9. The number of hydrogen-bond acceptors (Lipinski definition) is 12. The summed E-state index contributed by atoms with van der Waals surface area (Å²) in [4.78, 5) is 64.0. The number of pyridine rings is 2. The van der Waals surface area contributed by atoms with Crippen LogP contribution in [0.4, 0.5) is 34.4 Å². The predicted molar refractivity (Wildman–Crippen MR) is 270 cm³/mol. The molecule has 0 radical (unpaired) electrons. The summed E-state index contributed by atoms with van der Waals surface area (Å²) in [6, 6.07) is 14.6. The van der Waals surface area contributed by atoms with Crippen LogP contribution in [0.25, 0.3) is 11.3 Å². The van der Waals surface area contributed by atoms with E-state index in [2.05, 4.69) is 81.3 Å². The fourth-order valence-corrected chi connectivity index (χ4v) is 11.5. The molecule has 3 N–H and O–H groups in total. The highest BCUT2D eigenvalue weighted by Gasteiger charge is 2.38. The standard InChI is InChI=1S/C53H65N11O5/c1-7-47(66)57-41-27-36(8-9-43(41)62-21-20-61(31-34(62)2)37-12-18-60(19-13-37)38-10-16-54-46(28-38)53(5)14-24-69-25-15-53)56-48-51(68)59(6)32-42(58-48)39-11-17-55-49(40(39)33-65)64-23-22-63-44(50(64)67)26-35-29-52(3,4)30-45(35)63/h7-11,16-17,26-28,32,34,37,65H,1,12-15,18-25,29-31,33H2,2-6H3,(H,56,58)(H,57,66)/t34-/m0/s1. The number of carbonyl (C=O) groups is 2. The Labute approximate surface area is 404 Å². The summed E-state index contributed by atoms with van der Waals surface area (Å²) in [6.07, 6.45) is 12.5. The van der Waals surface area contributed by atoms with Gasteiger partial charge in [-0.2, -0.15) is 0 Å². The lowest BCUT2D eigenvalue weighted by Gasteiger charge is -2.47. The smallest absolute Gasteiger partial charge is 0.293 e. The minimum Gasteiger partial charge on any atom is -0.392 e. The summed E-state index contributed by atoms with van der Waals surface area (Å²) >= 11 is 0. The number of anilines is 6. The van der Waals surface area contributed by atoms with Gasteiger partial charge in [0.05, 0.1) is 23.7 Å². The second-order valence-corrected chi connectivity index (χ2v) is 20.7. The molecule has 0 spiro atoms. The van der Waals surface area contributed by atoms with E-state index in [1.54, 1.807) is 30.4 Å². The highest BCUT2D eigenvalue weighted by Crippen LogP contribution is 2.41. The molecule has 16 heteroatoms. The predicted octanol–water partition coefficient (Wildman–Crippen LogP) is 6.43. The number of hydrogen-bond donors (Lipinski definition) is 3. The van der Waals surface area contributed by atoms with Gasteiger partial charge in [0.15, 0.2) is 5.82 Å². The molecule has 10 rings (SSSR count). The Hall–Kier alpha value is -6.36. The van der Waals surface area contributed by atoms with Crippen LogP contribution in [0, 0.1) is 5.41 Å². The molecule has 0 saturated carbocycles. The zero-order valence-electron chi connectivity index (χ0n) is 40.6. The van der Waals surface area contributed by atoms with Crippen LogP contribution >= 0.6 is 0 Å². The summed E-state index contributed by atoms with van der Waals surface area (Å²) in [5.74, 6) is -0.0764. The van der Waals surface area contributed by atoms with Gasteiger partial charge in [-0.3, -0.25) is 29.2 Å². The Kier molecular flexibility index (Phi) is 12.4. The second-order valence-electron chi connectivity index (χ2n) is 20.7. The molecule has 362 valence electrons. The molecule has 3 fully saturated rings. The summed E-state index contributed by atoms with van der Waals surface area (Å²) in [7, 11) is 1.65. The average Bonchev–Trinajstić information content (AvgIpc) is 3.85. The number of amides is 2. The molecule has 0 bridgehead atoms. The number of aromatic nitrogens is 5. The number of benzene rings is 1. The summed E-state index contributed by atoms with van der Waals surface area (Å²) in [5, 5.41) is 17.1. The van der Waals surface area contributed by atoms with Crippen molar-refractivity contribution in [1.82, 2.24) is 29.0 Å². The van der Waals surface area contributed by atoms with Gasteiger partial charge in [0, 0.05) is 136 Å². The number of aryl methyl sites for hydroxylation is 1. The van der Waals surface area contributed by atoms with Gasteiger partial charge in [0.1, 0.15) is 11.5 Å². The minimum atomic E-state index is -0.398. The highest BCUT2D eigenvalue weighted by atomic mass is 16.5. The maximum Gasteiger partial charge on any atom is 0.293 e. The maximum atomic E-state index is 14.1. The lowest BCUT2D eigenvalue weighted by atomic mass is 9.79. The van der Waals surface area contributed by atoms with E-state index in [1.807, 2.05) is 30.5 Å². The molecular weight excluding hydrogens is 871 g/mol. The van der Waals surface area contributed by atoms with Crippen molar-refractivity contribution in [2.24, 2.45) is 12.5 Å². The van der Waals surface area contributed by atoms with Crippen LogP contribution in [0.15, 0.2) is 78.5 Å². The molecule has 1 atom stereocenters. The van der Waals surface area contributed by atoms with Crippen molar-refractivity contribution in [2.45, 2.75) is 96.9 Å². The normalized spacial score (nSPS) is 20.4. The van der Waals surface area contributed by atoms with Crippen molar-refractivity contribution >= 4 is 46.2 Å². The van der Waals surface area contributed by atoms with E-state index in [9.17, 15) is 19.5 Å². The first-order valence-corrected chi connectivity index (χ1v) is 24.6. The van der Waals surface area contributed by atoms with Crippen LogP contribution in [0.2, 0.25) is 0 Å². The number of carbonyl (C=O) groups excluding carboxylic acids is 2. The molecule has 1 aliphatic carbocycles. The molecule has 4 aliphatic heterocycles. The van der Waals surface area contributed by atoms with Gasteiger partial charge in [-0.15, -0.1) is 0 Å². The van der Waals surface area contributed by atoms with Crippen molar-refractivity contribution in [3.8, 4) is 11.3 Å². The summed E-state index contributed by atoms with van der Waals surface area (Å²) < 4.78 is 9.25. The van der Waals surface area contributed by atoms with E-state index >= 15 is 0 Å². The number of ether oxygens (including phenoxy) is 1. The molecule has 3 saturated heterocycles. The quantitative estimate of drug-likeness (QED) is 0.125. The third kappa shape index (κ3) is 8.94. The van der Waals surface area contributed by atoms with Crippen LogP contribution in [-0.4, -0.2) is 110 Å². The molecule has 0 unspecified atom stereocenters. The summed E-state index contributed by atoms with van der Waals surface area (Å²) in [5.41, 5.74) is 8.81. The van der Waals surface area contributed by atoms with Crippen LogP contribution < -0.4 is 30.9 Å². The van der Waals surface area contributed by atoms with E-state index in [-0.39, 0.29) is 40.1 Å². The van der Waals surface area contributed by atoms with E-state index < -0.39 is 6.61 Å². The zero-order chi connectivity index (χ0) is 48.2. The number of nitrogens with one attached hydrogen (secondary N) is 2. The Morgan fingerprint density at radius 2 is 1.74 bits per heavy atom. The second kappa shape index (κ2) is 18.5. The molecule has 5 aromatic rings. The molecule has 5 aliphatic rings. The van der Waals surface area contributed by atoms with Crippen LogP contribution in [0.3, 0.4) is 0 Å². The number of aliphatic hydroxyl groups excluding tert-OH is 1. The first kappa shape index (κ1) is 46.4. The SMILES string of the molecule is C=CC(=O)Nc1cc(Nc2nc(-c3ccnc(N4CCn5c(cc6c5CC(C)(C)C6)C4=O)c3CO)cn(C)c2=O)ccc1N1CCN(C2CCN(c3ccnc(C4(C)CCOCC4)c3)CC2)C[C@@H]1C. The number of piperidine rings is 1. The van der Waals surface area contributed by atoms with Gasteiger partial charge >= 0.3 is 0 Å². The first-order chi connectivity index (χ1) is 33.2. The summed E-state index contributed by atoms with van der Waals surface area (Å²) in [6.45, 7) is 19.5. The van der Waals surface area contributed by atoms with Gasteiger partial charge in [0.25, 0.3) is 11.5 Å². The molecule has 1 aromatic carbocycles. The minimum absolute atomic E-state index is 0.0551. The molecular formula is C53H65N11O5. The van der Waals surface area contributed by atoms with Gasteiger partial charge in [-0.05, 0) is 105 Å². The zero-order valence-corrected chi connectivity index (χ0v) is 40.6. The van der Waals surface area contributed by atoms with Gasteiger partial charge in [-0.25, -0.2) is 9.97 Å². The molecule has 8 heterocycles. The topological polar surface area (TPSA) is 166 Å².